The average Bonchev–Trinajstić information content (AvgIpc) is 2.81. The molecule has 0 atom stereocenters. The van der Waals surface area contributed by atoms with Crippen LogP contribution >= 0.6 is 0 Å². The smallest absolute Gasteiger partial charge is 0.190 e. The molecule has 0 radical (unpaired) electrons. The summed E-state index contributed by atoms with van der Waals surface area (Å²) in [5, 5.41) is 6.68. The standard InChI is InChI=1S/C13H27N3O/c1-4-15-12(14-2)16-11-13(9-10-17-3)7-5-6-8-13/h4-11H2,1-3H3,(H2,14,15,16). The third-order valence-corrected chi connectivity index (χ3v) is 3.70. The van der Waals surface area contributed by atoms with E-state index in [1.54, 1.807) is 7.11 Å². The normalized spacial score (nSPS) is 19.4. The molecule has 0 amide bonds. The van der Waals surface area contributed by atoms with Gasteiger partial charge >= 0.3 is 0 Å². The van der Waals surface area contributed by atoms with E-state index in [1.807, 2.05) is 7.05 Å². The molecule has 1 saturated carbocycles. The lowest BCUT2D eigenvalue weighted by Gasteiger charge is -2.29. The minimum Gasteiger partial charge on any atom is -0.385 e. The molecule has 0 aromatic carbocycles. The van der Waals surface area contributed by atoms with Gasteiger partial charge in [-0.3, -0.25) is 4.99 Å². The van der Waals surface area contributed by atoms with Gasteiger partial charge in [-0.05, 0) is 31.6 Å². The van der Waals surface area contributed by atoms with Crippen LogP contribution in [-0.2, 0) is 4.74 Å². The van der Waals surface area contributed by atoms with Crippen LogP contribution in [0.5, 0.6) is 0 Å². The molecule has 4 heteroatoms. The maximum Gasteiger partial charge on any atom is 0.190 e. The Bertz CT molecular complexity index is 235. The number of rotatable bonds is 6. The van der Waals surface area contributed by atoms with E-state index in [1.165, 1.54) is 25.7 Å². The number of methoxy groups -OCH3 is 1. The van der Waals surface area contributed by atoms with Crippen molar-refractivity contribution in [2.24, 2.45) is 10.4 Å². The van der Waals surface area contributed by atoms with Crippen molar-refractivity contribution in [2.45, 2.75) is 39.0 Å². The van der Waals surface area contributed by atoms with E-state index in [4.69, 9.17) is 4.74 Å². The van der Waals surface area contributed by atoms with Gasteiger partial charge in [-0.1, -0.05) is 12.8 Å². The molecule has 1 fully saturated rings. The predicted molar refractivity (Wildman–Crippen MR) is 72.4 cm³/mol. The van der Waals surface area contributed by atoms with Crippen LogP contribution in [0.1, 0.15) is 39.0 Å². The van der Waals surface area contributed by atoms with Gasteiger partial charge in [0.1, 0.15) is 0 Å². The van der Waals surface area contributed by atoms with Gasteiger partial charge in [0.25, 0.3) is 0 Å². The molecular weight excluding hydrogens is 214 g/mol. The van der Waals surface area contributed by atoms with Crippen LogP contribution in [0.3, 0.4) is 0 Å². The molecule has 1 aliphatic carbocycles. The van der Waals surface area contributed by atoms with Crippen LogP contribution in [0.15, 0.2) is 4.99 Å². The average molecular weight is 241 g/mol. The summed E-state index contributed by atoms with van der Waals surface area (Å²) in [7, 11) is 3.61. The molecule has 0 aromatic rings. The van der Waals surface area contributed by atoms with Crippen LogP contribution < -0.4 is 10.6 Å². The van der Waals surface area contributed by atoms with Gasteiger partial charge in [-0.25, -0.2) is 0 Å². The molecule has 1 rings (SSSR count). The Balaban J connectivity index is 2.43. The second kappa shape index (κ2) is 7.54. The first-order valence-corrected chi connectivity index (χ1v) is 6.70. The fourth-order valence-corrected chi connectivity index (χ4v) is 2.62. The van der Waals surface area contributed by atoms with Gasteiger partial charge in [0.2, 0.25) is 0 Å². The van der Waals surface area contributed by atoms with Crippen LogP contribution in [0, 0.1) is 5.41 Å². The van der Waals surface area contributed by atoms with E-state index in [9.17, 15) is 0 Å². The maximum atomic E-state index is 5.24. The lowest BCUT2D eigenvalue weighted by atomic mass is 9.83. The summed E-state index contributed by atoms with van der Waals surface area (Å²) < 4.78 is 5.24. The highest BCUT2D eigenvalue weighted by Crippen LogP contribution is 2.40. The monoisotopic (exact) mass is 241 g/mol. The first-order chi connectivity index (χ1) is 8.26. The molecule has 0 spiro atoms. The fraction of sp³-hybridized carbons (Fsp3) is 0.923. The fourth-order valence-electron chi connectivity index (χ4n) is 2.62. The van der Waals surface area contributed by atoms with Crippen molar-refractivity contribution in [1.29, 1.82) is 0 Å². The first kappa shape index (κ1) is 14.3. The van der Waals surface area contributed by atoms with E-state index < -0.39 is 0 Å². The van der Waals surface area contributed by atoms with Crippen molar-refractivity contribution < 1.29 is 4.74 Å². The highest BCUT2D eigenvalue weighted by atomic mass is 16.5. The van der Waals surface area contributed by atoms with Gasteiger partial charge in [0.05, 0.1) is 0 Å². The first-order valence-electron chi connectivity index (χ1n) is 6.70. The molecule has 2 N–H and O–H groups in total. The van der Waals surface area contributed by atoms with Gasteiger partial charge in [-0.2, -0.15) is 0 Å². The van der Waals surface area contributed by atoms with E-state index >= 15 is 0 Å². The van der Waals surface area contributed by atoms with E-state index in [-0.39, 0.29) is 0 Å². The van der Waals surface area contributed by atoms with Crippen molar-refractivity contribution in [3.05, 3.63) is 0 Å². The van der Waals surface area contributed by atoms with E-state index in [0.29, 0.717) is 5.41 Å². The van der Waals surface area contributed by atoms with Crippen LogP contribution in [0.25, 0.3) is 0 Å². The van der Waals surface area contributed by atoms with Crippen molar-refractivity contribution in [2.75, 3.05) is 33.9 Å². The van der Waals surface area contributed by atoms with Gasteiger partial charge in [0, 0.05) is 33.9 Å². The number of guanidine groups is 1. The molecule has 0 bridgehead atoms. The van der Waals surface area contributed by atoms with Gasteiger partial charge in [-0.15, -0.1) is 0 Å². The SMILES string of the molecule is CCNC(=NC)NCC1(CCOC)CCCC1. The van der Waals surface area contributed by atoms with Crippen LogP contribution in [-0.4, -0.2) is 39.8 Å². The minimum atomic E-state index is 0.418. The highest BCUT2D eigenvalue weighted by molar-refractivity contribution is 5.79. The van der Waals surface area contributed by atoms with Crippen molar-refractivity contribution in [1.82, 2.24) is 10.6 Å². The molecule has 1 aliphatic rings. The quantitative estimate of drug-likeness (QED) is 0.550. The Morgan fingerprint density at radius 3 is 2.53 bits per heavy atom. The molecule has 0 saturated heterocycles. The van der Waals surface area contributed by atoms with Gasteiger partial charge in [0.15, 0.2) is 5.96 Å². The van der Waals surface area contributed by atoms with Crippen molar-refractivity contribution in [3.63, 3.8) is 0 Å². The summed E-state index contributed by atoms with van der Waals surface area (Å²) in [6, 6.07) is 0. The Labute approximate surface area is 105 Å². The number of nitrogens with zero attached hydrogens (tertiary/aromatic N) is 1. The van der Waals surface area contributed by atoms with E-state index in [2.05, 4.69) is 22.5 Å². The van der Waals surface area contributed by atoms with Crippen LogP contribution in [0.2, 0.25) is 0 Å². The summed E-state index contributed by atoms with van der Waals surface area (Å²) in [6.45, 7) is 4.87. The van der Waals surface area contributed by atoms with Crippen molar-refractivity contribution >= 4 is 5.96 Å². The second-order valence-corrected chi connectivity index (χ2v) is 4.91. The lowest BCUT2D eigenvalue weighted by molar-refractivity contribution is 0.138. The molecule has 0 aromatic heterocycles. The predicted octanol–water partition coefficient (Wildman–Crippen LogP) is 1.77. The largest absolute Gasteiger partial charge is 0.385 e. The number of aliphatic imine (C=N–C) groups is 1. The Kier molecular flexibility index (Phi) is 6.34. The summed E-state index contributed by atoms with van der Waals surface area (Å²) in [4.78, 5) is 4.21. The molecule has 17 heavy (non-hydrogen) atoms. The Morgan fingerprint density at radius 2 is 2.00 bits per heavy atom. The lowest BCUT2D eigenvalue weighted by Crippen LogP contribution is -2.43. The third-order valence-electron chi connectivity index (χ3n) is 3.70. The minimum absolute atomic E-state index is 0.418. The third kappa shape index (κ3) is 4.54. The van der Waals surface area contributed by atoms with E-state index in [0.717, 1.165) is 32.1 Å². The Morgan fingerprint density at radius 1 is 1.29 bits per heavy atom. The zero-order chi connectivity index (χ0) is 12.6. The molecule has 4 nitrogen and oxygen atoms in total. The highest BCUT2D eigenvalue weighted by Gasteiger charge is 2.33. The molecule has 100 valence electrons. The molecule has 0 aliphatic heterocycles. The zero-order valence-corrected chi connectivity index (χ0v) is 11.5. The Hall–Kier alpha value is -0.770. The second-order valence-electron chi connectivity index (χ2n) is 4.91. The topological polar surface area (TPSA) is 45.7 Å². The number of nitrogens with one attached hydrogen (secondary N) is 2. The zero-order valence-electron chi connectivity index (χ0n) is 11.5. The molecule has 0 unspecified atom stereocenters. The number of ether oxygens (including phenoxy) is 1. The summed E-state index contributed by atoms with van der Waals surface area (Å²) >= 11 is 0. The van der Waals surface area contributed by atoms with Crippen molar-refractivity contribution in [3.8, 4) is 0 Å². The van der Waals surface area contributed by atoms with Gasteiger partial charge < -0.3 is 15.4 Å². The van der Waals surface area contributed by atoms with Crippen LogP contribution in [0.4, 0.5) is 0 Å². The number of hydrogen-bond donors (Lipinski definition) is 2. The summed E-state index contributed by atoms with van der Waals surface area (Å²) in [5.41, 5.74) is 0.418. The summed E-state index contributed by atoms with van der Waals surface area (Å²) in [5.74, 6) is 0.913. The molecule has 0 heterocycles. The summed E-state index contributed by atoms with van der Waals surface area (Å²) in [6.07, 6.45) is 6.48. The maximum absolute atomic E-state index is 5.24. The molecular formula is C13H27N3O. The number of hydrogen-bond acceptors (Lipinski definition) is 2.